The molecule has 1 N–H and O–H groups in total. The largest absolute Gasteiger partial charge is 0.368 e. The summed E-state index contributed by atoms with van der Waals surface area (Å²) >= 11 is 0. The van der Waals surface area contributed by atoms with E-state index in [1.54, 1.807) is 0 Å². The van der Waals surface area contributed by atoms with Crippen LogP contribution in [0.5, 0.6) is 0 Å². The molecule has 0 unspecified atom stereocenters. The van der Waals surface area contributed by atoms with E-state index in [9.17, 15) is 4.79 Å². The summed E-state index contributed by atoms with van der Waals surface area (Å²) in [7, 11) is 0. The molecular weight excluding hydrogens is 456 g/mol. The molecule has 5 aromatic rings. The summed E-state index contributed by atoms with van der Waals surface area (Å²) in [5.41, 5.74) is 2.01. The van der Waals surface area contributed by atoms with Gasteiger partial charge in [-0.25, -0.2) is 0 Å². The van der Waals surface area contributed by atoms with Gasteiger partial charge in [0.05, 0.1) is 0 Å². The number of unbranched alkanes of at least 4 members (excludes halogenated alkanes) is 1. The predicted octanol–water partition coefficient (Wildman–Crippen LogP) is 5.87. The molecule has 37 heavy (non-hydrogen) atoms. The number of nitrogens with zero attached hydrogens (tertiary/aromatic N) is 3. The highest BCUT2D eigenvalue weighted by Gasteiger charge is 2.18. The lowest BCUT2D eigenvalue weighted by Gasteiger charge is -2.36. The van der Waals surface area contributed by atoms with Crippen LogP contribution in [0.15, 0.2) is 91.3 Å². The van der Waals surface area contributed by atoms with Crippen LogP contribution in [0.3, 0.4) is 0 Å². The smallest absolute Gasteiger partial charge is 0.251 e. The Morgan fingerprint density at radius 3 is 2.35 bits per heavy atom. The molecule has 0 bridgehead atoms. The van der Waals surface area contributed by atoms with Crippen molar-refractivity contribution >= 4 is 43.9 Å². The van der Waals surface area contributed by atoms with E-state index in [4.69, 9.17) is 0 Å². The average Bonchev–Trinajstić information content (AvgIpc) is 2.95. The highest BCUT2D eigenvalue weighted by Crippen LogP contribution is 2.27. The van der Waals surface area contributed by atoms with Gasteiger partial charge in [0, 0.05) is 61.8 Å². The van der Waals surface area contributed by atoms with Crippen LogP contribution in [-0.4, -0.2) is 55.1 Å². The standard InChI is InChI=1S/C32H32N4O/c37-32(28-11-10-27-20-25-6-1-2-7-26(25)21-29(27)22-28)34-13-3-4-15-35-16-18-36(19-17-35)31-9-5-8-24-12-14-33-23-30(24)31/h1-2,5-12,14,20-23H,3-4,13,15-19H2,(H,34,37). The van der Waals surface area contributed by atoms with Gasteiger partial charge in [0.25, 0.3) is 5.91 Å². The monoisotopic (exact) mass is 488 g/mol. The zero-order valence-electron chi connectivity index (χ0n) is 21.1. The molecule has 0 aliphatic carbocycles. The van der Waals surface area contributed by atoms with Gasteiger partial charge in [-0.3, -0.25) is 14.7 Å². The summed E-state index contributed by atoms with van der Waals surface area (Å²) in [5, 5.41) is 10.3. The summed E-state index contributed by atoms with van der Waals surface area (Å²) in [6, 6.07) is 27.2. The first-order valence-electron chi connectivity index (χ1n) is 13.3. The molecule has 1 aliphatic heterocycles. The summed E-state index contributed by atoms with van der Waals surface area (Å²) < 4.78 is 0. The van der Waals surface area contributed by atoms with Crippen LogP contribution in [0.4, 0.5) is 5.69 Å². The Bertz CT molecular complexity index is 1550. The van der Waals surface area contributed by atoms with Gasteiger partial charge in [0.15, 0.2) is 0 Å². The van der Waals surface area contributed by atoms with Gasteiger partial charge in [0.2, 0.25) is 0 Å². The number of piperazine rings is 1. The molecule has 1 amide bonds. The van der Waals surface area contributed by atoms with Crippen molar-refractivity contribution in [3.8, 4) is 0 Å². The lowest BCUT2D eigenvalue weighted by atomic mass is 10.0. The maximum Gasteiger partial charge on any atom is 0.251 e. The Kier molecular flexibility index (Phi) is 6.70. The number of carbonyl (C=O) groups excluding carboxylic acids is 1. The second-order valence-electron chi connectivity index (χ2n) is 9.93. The minimum absolute atomic E-state index is 0.00764. The van der Waals surface area contributed by atoms with E-state index >= 15 is 0 Å². The van der Waals surface area contributed by atoms with Crippen molar-refractivity contribution in [1.82, 2.24) is 15.2 Å². The maximum atomic E-state index is 12.7. The van der Waals surface area contributed by atoms with E-state index in [-0.39, 0.29) is 5.91 Å². The highest BCUT2D eigenvalue weighted by molar-refractivity contribution is 6.03. The number of nitrogens with one attached hydrogen (secondary N) is 1. The Labute approximate surface area is 217 Å². The second-order valence-corrected chi connectivity index (χ2v) is 9.93. The Morgan fingerprint density at radius 1 is 0.757 bits per heavy atom. The van der Waals surface area contributed by atoms with Crippen molar-refractivity contribution in [2.75, 3.05) is 44.2 Å². The number of hydrogen-bond donors (Lipinski definition) is 1. The molecule has 186 valence electrons. The summed E-state index contributed by atoms with van der Waals surface area (Å²) in [6.07, 6.45) is 5.91. The summed E-state index contributed by atoms with van der Waals surface area (Å²) in [4.78, 5) is 22.1. The Hall–Kier alpha value is -3.96. The fraction of sp³-hybridized carbons (Fsp3) is 0.250. The van der Waals surface area contributed by atoms with Gasteiger partial charge in [0.1, 0.15) is 0 Å². The van der Waals surface area contributed by atoms with Crippen molar-refractivity contribution in [1.29, 1.82) is 0 Å². The minimum Gasteiger partial charge on any atom is -0.368 e. The van der Waals surface area contributed by atoms with Crippen LogP contribution in [0, 0.1) is 0 Å². The lowest BCUT2D eigenvalue weighted by molar-refractivity contribution is 0.0952. The van der Waals surface area contributed by atoms with Gasteiger partial charge in [-0.1, -0.05) is 42.5 Å². The normalized spacial score (nSPS) is 14.4. The number of benzene rings is 4. The molecule has 1 saturated heterocycles. The highest BCUT2D eigenvalue weighted by atomic mass is 16.1. The van der Waals surface area contributed by atoms with E-state index in [0.29, 0.717) is 6.54 Å². The second kappa shape index (κ2) is 10.6. The molecule has 0 atom stereocenters. The SMILES string of the molecule is O=C(NCCCCN1CCN(c2cccc3ccncc23)CC1)c1ccc2cc3ccccc3cc2c1. The molecule has 1 fully saturated rings. The van der Waals surface area contributed by atoms with Gasteiger partial charge in [-0.15, -0.1) is 0 Å². The fourth-order valence-electron chi connectivity index (χ4n) is 5.43. The zero-order valence-corrected chi connectivity index (χ0v) is 21.1. The molecule has 6 rings (SSSR count). The lowest BCUT2D eigenvalue weighted by Crippen LogP contribution is -2.46. The number of hydrogen-bond acceptors (Lipinski definition) is 4. The van der Waals surface area contributed by atoms with Crippen molar-refractivity contribution in [2.24, 2.45) is 0 Å². The number of amides is 1. The Morgan fingerprint density at radius 2 is 1.51 bits per heavy atom. The molecule has 5 heteroatoms. The van der Waals surface area contributed by atoms with Gasteiger partial charge in [-0.2, -0.15) is 0 Å². The summed E-state index contributed by atoms with van der Waals surface area (Å²) in [5.74, 6) is 0.00764. The quantitative estimate of drug-likeness (QED) is 0.230. The molecule has 0 saturated carbocycles. The number of aromatic nitrogens is 1. The third-order valence-corrected chi connectivity index (χ3v) is 7.53. The maximum absolute atomic E-state index is 12.7. The number of carbonyl (C=O) groups is 1. The van der Waals surface area contributed by atoms with E-state index in [1.165, 1.54) is 27.2 Å². The molecule has 0 radical (unpaired) electrons. The predicted molar refractivity (Wildman–Crippen MR) is 153 cm³/mol. The van der Waals surface area contributed by atoms with Crippen LogP contribution in [0.1, 0.15) is 23.2 Å². The van der Waals surface area contributed by atoms with Crippen molar-refractivity contribution in [3.63, 3.8) is 0 Å². The van der Waals surface area contributed by atoms with E-state index in [2.05, 4.69) is 74.7 Å². The number of fused-ring (bicyclic) bond motifs is 3. The molecule has 1 aliphatic rings. The van der Waals surface area contributed by atoms with Crippen LogP contribution in [0.2, 0.25) is 0 Å². The minimum atomic E-state index is 0.00764. The van der Waals surface area contributed by atoms with Gasteiger partial charge >= 0.3 is 0 Å². The van der Waals surface area contributed by atoms with Gasteiger partial charge < -0.3 is 10.2 Å². The summed E-state index contributed by atoms with van der Waals surface area (Å²) in [6.45, 7) is 5.97. The van der Waals surface area contributed by atoms with Crippen molar-refractivity contribution in [2.45, 2.75) is 12.8 Å². The van der Waals surface area contributed by atoms with Crippen LogP contribution >= 0.6 is 0 Å². The number of rotatable bonds is 7. The number of anilines is 1. The molecular formula is C32H32N4O. The molecule has 2 heterocycles. The van der Waals surface area contributed by atoms with Crippen molar-refractivity contribution in [3.05, 3.63) is 96.8 Å². The Balaban J connectivity index is 0.960. The molecule has 1 aromatic heterocycles. The average molecular weight is 489 g/mol. The first-order chi connectivity index (χ1) is 18.2. The van der Waals surface area contributed by atoms with Crippen LogP contribution < -0.4 is 10.2 Å². The van der Waals surface area contributed by atoms with Gasteiger partial charge in [-0.05, 0) is 82.7 Å². The van der Waals surface area contributed by atoms with Crippen molar-refractivity contribution < 1.29 is 4.79 Å². The molecule has 0 spiro atoms. The number of pyridine rings is 1. The third-order valence-electron chi connectivity index (χ3n) is 7.53. The van der Waals surface area contributed by atoms with E-state index in [1.807, 2.05) is 36.7 Å². The first-order valence-corrected chi connectivity index (χ1v) is 13.3. The van der Waals surface area contributed by atoms with E-state index in [0.717, 1.165) is 61.9 Å². The topological polar surface area (TPSA) is 48.5 Å². The van der Waals surface area contributed by atoms with Crippen LogP contribution in [-0.2, 0) is 0 Å². The molecule has 5 nitrogen and oxygen atoms in total. The van der Waals surface area contributed by atoms with E-state index < -0.39 is 0 Å². The first kappa shape index (κ1) is 23.4. The fourth-order valence-corrected chi connectivity index (χ4v) is 5.43. The third kappa shape index (κ3) is 5.13. The zero-order chi connectivity index (χ0) is 25.0. The van der Waals surface area contributed by atoms with Crippen LogP contribution in [0.25, 0.3) is 32.3 Å². The molecule has 4 aromatic carbocycles.